The van der Waals surface area contributed by atoms with Crippen molar-refractivity contribution in [1.29, 1.82) is 0 Å². The number of nitrogens with zero attached hydrogens (tertiary/aromatic N) is 1. The van der Waals surface area contributed by atoms with E-state index in [4.69, 9.17) is 33.7 Å². The van der Waals surface area contributed by atoms with Crippen LogP contribution in [0.3, 0.4) is 0 Å². The van der Waals surface area contributed by atoms with Gasteiger partial charge in [0.25, 0.3) is 0 Å². The molecule has 1 aromatic rings. The van der Waals surface area contributed by atoms with E-state index >= 15 is 0 Å². The quantitative estimate of drug-likeness (QED) is 0.895. The molecule has 0 spiro atoms. The summed E-state index contributed by atoms with van der Waals surface area (Å²) in [5.41, 5.74) is 7.07. The van der Waals surface area contributed by atoms with Crippen molar-refractivity contribution in [2.45, 2.75) is 38.3 Å². The Bertz CT molecular complexity index is 474. The zero-order chi connectivity index (χ0) is 14.8. The summed E-state index contributed by atoms with van der Waals surface area (Å²) in [5, 5.41) is 1.23. The van der Waals surface area contributed by atoms with Gasteiger partial charge in [-0.05, 0) is 62.4 Å². The molecule has 1 aliphatic heterocycles. The zero-order valence-electron chi connectivity index (χ0n) is 12.2. The fourth-order valence-corrected chi connectivity index (χ4v) is 3.34. The van der Waals surface area contributed by atoms with E-state index in [-0.39, 0.29) is 0 Å². The van der Waals surface area contributed by atoms with Crippen LogP contribution in [0.1, 0.15) is 31.2 Å². The van der Waals surface area contributed by atoms with Gasteiger partial charge >= 0.3 is 0 Å². The highest BCUT2D eigenvalue weighted by Gasteiger charge is 2.23. The summed E-state index contributed by atoms with van der Waals surface area (Å²) in [4.78, 5) is 2.40. The molecule has 0 unspecified atom stereocenters. The maximum atomic E-state index is 6.33. The summed E-state index contributed by atoms with van der Waals surface area (Å²) < 4.78 is 5.76. The third-order valence-corrected chi connectivity index (χ3v) is 4.82. The van der Waals surface area contributed by atoms with Crippen LogP contribution in [0.15, 0.2) is 12.1 Å². The highest BCUT2D eigenvalue weighted by Crippen LogP contribution is 2.37. The maximum Gasteiger partial charge on any atom is 0.156 e. The lowest BCUT2D eigenvalue weighted by atomic mass is 10.1. The molecule has 3 nitrogen and oxygen atoms in total. The van der Waals surface area contributed by atoms with Crippen LogP contribution in [0.2, 0.25) is 10.0 Å². The van der Waals surface area contributed by atoms with E-state index in [0.717, 1.165) is 44.6 Å². The molecule has 2 aliphatic rings. The lowest BCUT2D eigenvalue weighted by Gasteiger charge is -2.30. The van der Waals surface area contributed by atoms with Gasteiger partial charge in [0.2, 0.25) is 0 Å². The molecule has 0 aromatic heterocycles. The molecule has 3 rings (SSSR count). The predicted molar refractivity (Wildman–Crippen MR) is 87.2 cm³/mol. The average molecular weight is 329 g/mol. The van der Waals surface area contributed by atoms with Gasteiger partial charge in [-0.1, -0.05) is 23.2 Å². The number of ether oxygens (including phenoxy) is 1. The number of rotatable bonds is 5. The van der Waals surface area contributed by atoms with Crippen molar-refractivity contribution in [3.8, 4) is 5.75 Å². The Morgan fingerprint density at radius 3 is 2.29 bits per heavy atom. The van der Waals surface area contributed by atoms with Gasteiger partial charge < -0.3 is 10.5 Å². The van der Waals surface area contributed by atoms with Gasteiger partial charge in [0.1, 0.15) is 0 Å². The second-order valence-electron chi connectivity index (χ2n) is 6.26. The lowest BCUT2D eigenvalue weighted by Crippen LogP contribution is -2.39. The molecule has 0 radical (unpaired) electrons. The highest BCUT2D eigenvalue weighted by molar-refractivity contribution is 6.37. The Hall–Kier alpha value is -0.480. The summed E-state index contributed by atoms with van der Waals surface area (Å²) in [6, 6.07) is 4.31. The first kappa shape index (κ1) is 15.4. The van der Waals surface area contributed by atoms with Crippen LogP contribution in [0, 0.1) is 5.92 Å². The van der Waals surface area contributed by atoms with E-state index in [0.29, 0.717) is 27.8 Å². The van der Waals surface area contributed by atoms with Gasteiger partial charge in [0, 0.05) is 12.6 Å². The molecule has 2 N–H and O–H groups in total. The standard InChI is InChI=1S/C16H22Cl2N2O/c17-14-7-12(9-20-5-3-13(19)4-6-20)8-15(18)16(14)21-10-11-1-2-11/h7-8,11,13H,1-6,9-10,19H2. The fraction of sp³-hybridized carbons (Fsp3) is 0.625. The van der Waals surface area contributed by atoms with Gasteiger partial charge in [-0.25, -0.2) is 0 Å². The molecule has 21 heavy (non-hydrogen) atoms. The van der Waals surface area contributed by atoms with Gasteiger partial charge in [-0.15, -0.1) is 0 Å². The maximum absolute atomic E-state index is 6.33. The van der Waals surface area contributed by atoms with E-state index in [2.05, 4.69) is 4.90 Å². The fourth-order valence-electron chi connectivity index (χ4n) is 2.70. The summed E-state index contributed by atoms with van der Waals surface area (Å²) in [6.45, 7) is 3.67. The van der Waals surface area contributed by atoms with Crippen molar-refractivity contribution >= 4 is 23.2 Å². The monoisotopic (exact) mass is 328 g/mol. The van der Waals surface area contributed by atoms with Crippen LogP contribution in [-0.2, 0) is 6.54 Å². The molecular weight excluding hydrogens is 307 g/mol. The van der Waals surface area contributed by atoms with Crippen LogP contribution in [-0.4, -0.2) is 30.6 Å². The average Bonchev–Trinajstić information content (AvgIpc) is 3.25. The number of nitrogens with two attached hydrogens (primary N) is 1. The van der Waals surface area contributed by atoms with E-state index in [1.165, 1.54) is 12.8 Å². The third kappa shape index (κ3) is 4.26. The number of benzene rings is 1. The van der Waals surface area contributed by atoms with Crippen LogP contribution < -0.4 is 10.5 Å². The predicted octanol–water partition coefficient (Wildman–Crippen LogP) is 3.71. The molecule has 1 saturated heterocycles. The number of piperidine rings is 1. The SMILES string of the molecule is NC1CCN(Cc2cc(Cl)c(OCC3CC3)c(Cl)c2)CC1. The first-order valence-corrected chi connectivity index (χ1v) is 8.46. The van der Waals surface area contributed by atoms with Crippen LogP contribution in [0.5, 0.6) is 5.75 Å². The van der Waals surface area contributed by atoms with Crippen LogP contribution in [0.4, 0.5) is 0 Å². The normalized spacial score (nSPS) is 20.7. The summed E-state index contributed by atoms with van der Waals surface area (Å²) in [5.74, 6) is 1.32. The van der Waals surface area contributed by atoms with E-state index in [1.54, 1.807) is 0 Å². The zero-order valence-corrected chi connectivity index (χ0v) is 13.7. The Kier molecular flexibility index (Phi) is 4.95. The molecule has 1 aliphatic carbocycles. The first-order valence-electron chi connectivity index (χ1n) is 7.70. The number of hydrogen-bond acceptors (Lipinski definition) is 3. The molecule has 1 aromatic carbocycles. The molecule has 0 atom stereocenters. The summed E-state index contributed by atoms with van der Waals surface area (Å²) >= 11 is 12.7. The Labute approximate surface area is 136 Å². The van der Waals surface area contributed by atoms with Gasteiger partial charge in [-0.2, -0.15) is 0 Å². The highest BCUT2D eigenvalue weighted by atomic mass is 35.5. The number of likely N-dealkylation sites (tertiary alicyclic amines) is 1. The molecule has 116 valence electrons. The first-order chi connectivity index (χ1) is 10.1. The van der Waals surface area contributed by atoms with Crippen molar-refractivity contribution in [1.82, 2.24) is 4.90 Å². The molecule has 1 heterocycles. The number of halogens is 2. The lowest BCUT2D eigenvalue weighted by molar-refractivity contribution is 0.205. The Morgan fingerprint density at radius 2 is 1.71 bits per heavy atom. The van der Waals surface area contributed by atoms with Crippen LogP contribution >= 0.6 is 23.2 Å². The van der Waals surface area contributed by atoms with E-state index in [9.17, 15) is 0 Å². The van der Waals surface area contributed by atoms with Gasteiger partial charge in [0.15, 0.2) is 5.75 Å². The van der Waals surface area contributed by atoms with Crippen molar-refractivity contribution < 1.29 is 4.74 Å². The molecule has 0 amide bonds. The van der Waals surface area contributed by atoms with E-state index < -0.39 is 0 Å². The third-order valence-electron chi connectivity index (χ3n) is 4.26. The topological polar surface area (TPSA) is 38.5 Å². The minimum atomic E-state index is 0.353. The largest absolute Gasteiger partial charge is 0.490 e. The minimum Gasteiger partial charge on any atom is -0.490 e. The smallest absolute Gasteiger partial charge is 0.156 e. The van der Waals surface area contributed by atoms with Gasteiger partial charge in [0.05, 0.1) is 16.7 Å². The van der Waals surface area contributed by atoms with Crippen molar-refractivity contribution in [3.05, 3.63) is 27.7 Å². The Balaban J connectivity index is 1.63. The summed E-state index contributed by atoms with van der Waals surface area (Å²) in [7, 11) is 0. The molecule has 5 heteroatoms. The van der Waals surface area contributed by atoms with E-state index in [1.807, 2.05) is 12.1 Å². The molecule has 0 bridgehead atoms. The van der Waals surface area contributed by atoms with Crippen molar-refractivity contribution in [3.63, 3.8) is 0 Å². The molecular formula is C16H22Cl2N2O. The molecule has 2 fully saturated rings. The molecule has 1 saturated carbocycles. The second kappa shape index (κ2) is 6.74. The van der Waals surface area contributed by atoms with Crippen LogP contribution in [0.25, 0.3) is 0 Å². The second-order valence-corrected chi connectivity index (χ2v) is 7.07. The minimum absolute atomic E-state index is 0.353. The van der Waals surface area contributed by atoms with Crippen molar-refractivity contribution in [2.24, 2.45) is 11.7 Å². The summed E-state index contributed by atoms with van der Waals surface area (Å²) in [6.07, 6.45) is 4.63. The Morgan fingerprint density at radius 1 is 1.10 bits per heavy atom. The number of hydrogen-bond donors (Lipinski definition) is 1. The van der Waals surface area contributed by atoms with Gasteiger partial charge in [-0.3, -0.25) is 4.90 Å². The van der Waals surface area contributed by atoms with Crippen molar-refractivity contribution in [2.75, 3.05) is 19.7 Å².